The highest BCUT2D eigenvalue weighted by Crippen LogP contribution is 2.41. The van der Waals surface area contributed by atoms with Gasteiger partial charge in [-0.1, -0.05) is 56.3 Å². The van der Waals surface area contributed by atoms with Crippen molar-refractivity contribution >= 4 is 24.0 Å². The number of halogens is 1. The molecule has 0 aliphatic heterocycles. The molecule has 0 saturated carbocycles. The molecule has 134 valence electrons. The molecule has 0 radical (unpaired) electrons. The Bertz CT molecular complexity index is 742. The van der Waals surface area contributed by atoms with Gasteiger partial charge in [0, 0.05) is 12.1 Å². The maximum absolute atomic E-state index is 12.4. The highest BCUT2D eigenvalue weighted by atomic mass is 35.5. The average molecular weight is 359 g/mol. The van der Waals surface area contributed by atoms with Gasteiger partial charge < -0.3 is 11.1 Å². The number of fused-ring (bicyclic) bond motifs is 1. The van der Waals surface area contributed by atoms with Gasteiger partial charge in [0.25, 0.3) is 0 Å². The number of benzene rings is 2. The van der Waals surface area contributed by atoms with Crippen molar-refractivity contribution in [2.45, 2.75) is 51.0 Å². The van der Waals surface area contributed by atoms with Gasteiger partial charge in [0.05, 0.1) is 6.04 Å². The first-order chi connectivity index (χ1) is 11.5. The Labute approximate surface area is 156 Å². The molecule has 0 aromatic heterocycles. The zero-order valence-corrected chi connectivity index (χ0v) is 15.7. The van der Waals surface area contributed by atoms with Gasteiger partial charge in [0.1, 0.15) is 0 Å². The molecule has 1 aliphatic rings. The summed E-state index contributed by atoms with van der Waals surface area (Å²) in [4.78, 5) is 12.4. The van der Waals surface area contributed by atoms with Crippen molar-refractivity contribution in [3.05, 3.63) is 65.2 Å². The van der Waals surface area contributed by atoms with E-state index < -0.39 is 0 Å². The first-order valence-corrected chi connectivity index (χ1v) is 8.69. The molecule has 1 atom stereocenters. The van der Waals surface area contributed by atoms with Crippen molar-refractivity contribution in [3.8, 4) is 0 Å². The van der Waals surface area contributed by atoms with Crippen LogP contribution >= 0.6 is 12.4 Å². The number of nitrogen functional groups attached to an aromatic ring is 1. The monoisotopic (exact) mass is 358 g/mol. The zero-order valence-electron chi connectivity index (χ0n) is 14.9. The molecule has 0 bridgehead atoms. The Balaban J connectivity index is 0.00000225. The number of hydrogen-bond acceptors (Lipinski definition) is 2. The maximum Gasteiger partial charge on any atom is 0.220 e. The van der Waals surface area contributed by atoms with Crippen LogP contribution in [0.3, 0.4) is 0 Å². The summed E-state index contributed by atoms with van der Waals surface area (Å²) in [5.41, 5.74) is 10.5. The molecular formula is C21H27ClN2O. The van der Waals surface area contributed by atoms with Crippen LogP contribution in [0.25, 0.3) is 0 Å². The van der Waals surface area contributed by atoms with Gasteiger partial charge >= 0.3 is 0 Å². The van der Waals surface area contributed by atoms with Crippen LogP contribution in [0.2, 0.25) is 0 Å². The largest absolute Gasteiger partial charge is 0.399 e. The lowest BCUT2D eigenvalue weighted by Crippen LogP contribution is -2.35. The molecular weight excluding hydrogens is 332 g/mol. The predicted octanol–water partition coefficient (Wildman–Crippen LogP) is 4.55. The molecule has 1 amide bonds. The lowest BCUT2D eigenvalue weighted by atomic mass is 9.71. The summed E-state index contributed by atoms with van der Waals surface area (Å²) >= 11 is 0. The molecule has 3 N–H and O–H groups in total. The highest BCUT2D eigenvalue weighted by molar-refractivity contribution is 5.85. The predicted molar refractivity (Wildman–Crippen MR) is 106 cm³/mol. The van der Waals surface area contributed by atoms with Gasteiger partial charge in [0.15, 0.2) is 0 Å². The van der Waals surface area contributed by atoms with E-state index in [2.05, 4.69) is 43.4 Å². The molecule has 3 nitrogen and oxygen atoms in total. The van der Waals surface area contributed by atoms with E-state index in [-0.39, 0.29) is 29.8 Å². The number of aryl methyl sites for hydroxylation is 1. The smallest absolute Gasteiger partial charge is 0.220 e. The minimum Gasteiger partial charge on any atom is -0.399 e. The molecule has 2 aromatic carbocycles. The molecule has 3 rings (SSSR count). The van der Waals surface area contributed by atoms with Gasteiger partial charge in [0.2, 0.25) is 5.91 Å². The number of para-hydroxylation sites is 1. The average Bonchev–Trinajstić information content (AvgIpc) is 2.57. The summed E-state index contributed by atoms with van der Waals surface area (Å²) in [5, 5.41) is 3.22. The molecule has 4 heteroatoms. The number of nitrogens with two attached hydrogens (primary N) is 1. The van der Waals surface area contributed by atoms with Crippen LogP contribution in [-0.2, 0) is 16.6 Å². The van der Waals surface area contributed by atoms with Crippen LogP contribution < -0.4 is 11.1 Å². The lowest BCUT2D eigenvalue weighted by molar-refractivity contribution is -0.122. The summed E-state index contributed by atoms with van der Waals surface area (Å²) in [6, 6.07) is 16.4. The third-order valence-corrected chi connectivity index (χ3v) is 5.14. The van der Waals surface area contributed by atoms with E-state index in [1.54, 1.807) is 0 Å². The van der Waals surface area contributed by atoms with Crippen molar-refractivity contribution in [3.63, 3.8) is 0 Å². The summed E-state index contributed by atoms with van der Waals surface area (Å²) in [6.45, 7) is 4.56. The first-order valence-electron chi connectivity index (χ1n) is 8.69. The molecule has 0 fully saturated rings. The summed E-state index contributed by atoms with van der Waals surface area (Å²) in [7, 11) is 0. The molecule has 1 unspecified atom stereocenters. The van der Waals surface area contributed by atoms with E-state index in [0.29, 0.717) is 12.8 Å². The van der Waals surface area contributed by atoms with Crippen molar-refractivity contribution in [1.29, 1.82) is 0 Å². The van der Waals surface area contributed by atoms with E-state index in [9.17, 15) is 4.79 Å². The van der Waals surface area contributed by atoms with Crippen LogP contribution in [-0.4, -0.2) is 5.91 Å². The zero-order chi connectivity index (χ0) is 17.2. The maximum atomic E-state index is 12.4. The summed E-state index contributed by atoms with van der Waals surface area (Å²) in [6.07, 6.45) is 3.22. The van der Waals surface area contributed by atoms with Crippen molar-refractivity contribution < 1.29 is 4.79 Å². The van der Waals surface area contributed by atoms with Crippen LogP contribution in [0.5, 0.6) is 0 Å². The van der Waals surface area contributed by atoms with Gasteiger partial charge in [-0.2, -0.15) is 0 Å². The van der Waals surface area contributed by atoms with Crippen LogP contribution in [0.15, 0.2) is 48.5 Å². The SMILES string of the molecule is CC1(C)CCC(NC(=O)CCc2ccccc2N)c2ccccc21.Cl. The van der Waals surface area contributed by atoms with E-state index in [1.165, 1.54) is 11.1 Å². The second-order valence-corrected chi connectivity index (χ2v) is 7.33. The third kappa shape index (κ3) is 4.35. The molecule has 0 spiro atoms. The fourth-order valence-corrected chi connectivity index (χ4v) is 3.64. The topological polar surface area (TPSA) is 55.1 Å². The number of anilines is 1. The van der Waals surface area contributed by atoms with E-state index in [1.807, 2.05) is 24.3 Å². The summed E-state index contributed by atoms with van der Waals surface area (Å²) in [5.74, 6) is 0.0952. The Hall–Kier alpha value is -2.00. The van der Waals surface area contributed by atoms with E-state index in [4.69, 9.17) is 5.73 Å². The molecule has 1 aliphatic carbocycles. The van der Waals surface area contributed by atoms with E-state index >= 15 is 0 Å². The minimum atomic E-state index is 0. The normalized spacial score (nSPS) is 17.9. The number of nitrogens with one attached hydrogen (secondary N) is 1. The second kappa shape index (κ2) is 7.92. The van der Waals surface area contributed by atoms with Crippen LogP contribution in [0, 0.1) is 0 Å². The molecule has 2 aromatic rings. The van der Waals surface area contributed by atoms with E-state index in [0.717, 1.165) is 24.1 Å². The summed E-state index contributed by atoms with van der Waals surface area (Å²) < 4.78 is 0. The van der Waals surface area contributed by atoms with Crippen LogP contribution in [0.1, 0.15) is 55.8 Å². The Morgan fingerprint density at radius 2 is 1.84 bits per heavy atom. The molecule has 0 saturated heterocycles. The number of rotatable bonds is 4. The third-order valence-electron chi connectivity index (χ3n) is 5.14. The van der Waals surface area contributed by atoms with Crippen molar-refractivity contribution in [2.75, 3.05) is 5.73 Å². The Kier molecular flexibility index (Phi) is 6.12. The molecule has 25 heavy (non-hydrogen) atoms. The molecule has 0 heterocycles. The highest BCUT2D eigenvalue weighted by Gasteiger charge is 2.32. The Morgan fingerprint density at radius 3 is 2.60 bits per heavy atom. The fraction of sp³-hybridized carbons (Fsp3) is 0.381. The van der Waals surface area contributed by atoms with Crippen LogP contribution in [0.4, 0.5) is 5.69 Å². The number of amides is 1. The quantitative estimate of drug-likeness (QED) is 0.787. The second-order valence-electron chi connectivity index (χ2n) is 7.33. The Morgan fingerprint density at radius 1 is 1.16 bits per heavy atom. The number of carbonyl (C=O) groups is 1. The van der Waals surface area contributed by atoms with Crippen molar-refractivity contribution in [2.24, 2.45) is 0 Å². The van der Waals surface area contributed by atoms with Gasteiger partial charge in [-0.3, -0.25) is 4.79 Å². The van der Waals surface area contributed by atoms with Gasteiger partial charge in [-0.15, -0.1) is 12.4 Å². The lowest BCUT2D eigenvalue weighted by Gasteiger charge is -2.37. The fourth-order valence-electron chi connectivity index (χ4n) is 3.64. The van der Waals surface area contributed by atoms with Gasteiger partial charge in [-0.05, 0) is 47.4 Å². The van der Waals surface area contributed by atoms with Gasteiger partial charge in [-0.25, -0.2) is 0 Å². The first kappa shape index (κ1) is 19.3. The van der Waals surface area contributed by atoms with Crippen molar-refractivity contribution in [1.82, 2.24) is 5.32 Å². The standard InChI is InChI=1S/C21H26N2O.ClH/c1-21(2)14-13-19(16-8-4-5-9-17(16)21)23-20(24)12-11-15-7-3-6-10-18(15)22;/h3-10,19H,11-14,22H2,1-2H3,(H,23,24);1H. The number of hydrogen-bond donors (Lipinski definition) is 2. The minimum absolute atomic E-state index is 0. The number of carbonyl (C=O) groups excluding carboxylic acids is 1.